The summed E-state index contributed by atoms with van der Waals surface area (Å²) in [6.07, 6.45) is 4.05. The van der Waals surface area contributed by atoms with Gasteiger partial charge in [0.1, 0.15) is 0 Å². The van der Waals surface area contributed by atoms with Crippen molar-refractivity contribution in [3.63, 3.8) is 0 Å². The molecule has 0 saturated carbocycles. The van der Waals surface area contributed by atoms with Gasteiger partial charge in [0, 0.05) is 0 Å². The average molecular weight is 661 g/mol. The van der Waals surface area contributed by atoms with Crippen LogP contribution in [0.15, 0.2) is 0 Å². The minimum atomic E-state index is -0.963. The Labute approximate surface area is 266 Å². The Bertz CT molecular complexity index is 728. The van der Waals surface area contributed by atoms with Gasteiger partial charge in [-0.2, -0.15) is 0 Å². The number of rotatable bonds is 20. The molecule has 0 heterocycles. The van der Waals surface area contributed by atoms with Gasteiger partial charge in [-0.3, -0.25) is 24.0 Å². The van der Waals surface area contributed by atoms with Crippen LogP contribution in [0.5, 0.6) is 0 Å². The molecule has 0 saturated heterocycles. The zero-order valence-electron chi connectivity index (χ0n) is 27.5. The second-order valence-electron chi connectivity index (χ2n) is 10.3. The normalized spacial score (nSPS) is 13.1. The number of aliphatic hydroxyl groups is 5. The van der Waals surface area contributed by atoms with E-state index in [0.717, 1.165) is 38.5 Å². The van der Waals surface area contributed by atoms with Crippen LogP contribution in [0, 0.1) is 0 Å². The van der Waals surface area contributed by atoms with Crippen LogP contribution in [0.3, 0.4) is 0 Å². The molecule has 0 amide bonds. The van der Waals surface area contributed by atoms with E-state index in [4.69, 9.17) is 51.1 Å². The first kappa shape index (κ1) is 51.7. The quantitative estimate of drug-likeness (QED) is 0.0839. The molecule has 15 nitrogen and oxygen atoms in total. The van der Waals surface area contributed by atoms with E-state index in [1.54, 1.807) is 6.92 Å². The summed E-state index contributed by atoms with van der Waals surface area (Å²) in [6.45, 7) is 9.17. The van der Waals surface area contributed by atoms with Crippen LogP contribution in [-0.2, 0) is 24.0 Å². The van der Waals surface area contributed by atoms with Gasteiger partial charge in [-0.15, -0.1) is 0 Å². The third-order valence-electron chi connectivity index (χ3n) is 5.24. The molecule has 0 aliphatic heterocycles. The number of carboxylic acids is 5. The molecule has 5 unspecified atom stereocenters. The summed E-state index contributed by atoms with van der Waals surface area (Å²) >= 11 is 0. The fraction of sp³-hybridized carbons (Fsp3) is 0.833. The molecule has 0 fully saturated rings. The molecule has 5 atom stereocenters. The predicted molar refractivity (Wildman–Crippen MR) is 166 cm³/mol. The number of unbranched alkanes of at least 4 members (excludes halogenated alkanes) is 3. The van der Waals surface area contributed by atoms with E-state index in [0.29, 0.717) is 25.7 Å². The molecule has 0 aromatic rings. The number of carbonyl (C=O) groups is 5. The lowest BCUT2D eigenvalue weighted by atomic mass is 10.1. The maximum absolute atomic E-state index is 10.1. The van der Waals surface area contributed by atoms with E-state index in [9.17, 15) is 24.0 Å². The van der Waals surface area contributed by atoms with Crippen LogP contribution in [-0.4, -0.2) is 111 Å². The Morgan fingerprint density at radius 3 is 0.956 bits per heavy atom. The Morgan fingerprint density at radius 1 is 0.422 bits per heavy atom. The van der Waals surface area contributed by atoms with E-state index in [1.807, 2.05) is 13.8 Å². The van der Waals surface area contributed by atoms with Gasteiger partial charge in [-0.05, 0) is 32.6 Å². The summed E-state index contributed by atoms with van der Waals surface area (Å²) in [4.78, 5) is 49.5. The summed E-state index contributed by atoms with van der Waals surface area (Å²) in [7, 11) is 0. The van der Waals surface area contributed by atoms with E-state index in [1.165, 1.54) is 6.92 Å². The highest BCUT2D eigenvalue weighted by Crippen LogP contribution is 2.06. The fourth-order valence-electron chi connectivity index (χ4n) is 2.91. The third kappa shape index (κ3) is 65.0. The Hall–Kier alpha value is -2.85. The highest BCUT2D eigenvalue weighted by Gasteiger charge is 2.09. The Balaban J connectivity index is -0.000000149. The van der Waals surface area contributed by atoms with Crippen molar-refractivity contribution in [1.29, 1.82) is 0 Å². The maximum Gasteiger partial charge on any atom is 0.305 e. The number of aliphatic carboxylic acids is 5. The second kappa shape index (κ2) is 37.3. The van der Waals surface area contributed by atoms with E-state index >= 15 is 0 Å². The third-order valence-corrected chi connectivity index (χ3v) is 5.24. The van der Waals surface area contributed by atoms with E-state index in [-0.39, 0.29) is 32.1 Å². The van der Waals surface area contributed by atoms with Gasteiger partial charge < -0.3 is 51.1 Å². The molecule has 10 N–H and O–H groups in total. The monoisotopic (exact) mass is 660 g/mol. The van der Waals surface area contributed by atoms with Gasteiger partial charge in [0.05, 0.1) is 62.6 Å². The summed E-state index contributed by atoms with van der Waals surface area (Å²) < 4.78 is 0. The van der Waals surface area contributed by atoms with Crippen molar-refractivity contribution in [2.75, 3.05) is 0 Å². The predicted octanol–water partition coefficient (Wildman–Crippen LogP) is 3.11. The molecule has 15 heteroatoms. The molecule has 0 aliphatic carbocycles. The van der Waals surface area contributed by atoms with Crippen LogP contribution in [0.25, 0.3) is 0 Å². The van der Waals surface area contributed by atoms with Crippen molar-refractivity contribution >= 4 is 29.8 Å². The number of hydrogen-bond acceptors (Lipinski definition) is 10. The van der Waals surface area contributed by atoms with E-state index in [2.05, 4.69) is 6.92 Å². The maximum atomic E-state index is 10.1. The van der Waals surface area contributed by atoms with Crippen molar-refractivity contribution in [3.05, 3.63) is 0 Å². The highest BCUT2D eigenvalue weighted by atomic mass is 16.4. The van der Waals surface area contributed by atoms with Crippen molar-refractivity contribution in [2.45, 2.75) is 161 Å². The van der Waals surface area contributed by atoms with Crippen molar-refractivity contribution < 1.29 is 75.0 Å². The molecular formula is C30H60O15. The lowest BCUT2D eigenvalue weighted by Crippen LogP contribution is -2.12. The largest absolute Gasteiger partial charge is 0.481 e. The van der Waals surface area contributed by atoms with Crippen molar-refractivity contribution in [3.8, 4) is 0 Å². The van der Waals surface area contributed by atoms with Gasteiger partial charge in [-0.1, -0.05) is 66.2 Å². The van der Waals surface area contributed by atoms with Crippen LogP contribution in [0.1, 0.15) is 131 Å². The van der Waals surface area contributed by atoms with Gasteiger partial charge in [-0.25, -0.2) is 0 Å². The molecule has 0 radical (unpaired) electrons. The van der Waals surface area contributed by atoms with E-state index < -0.39 is 60.4 Å². The number of aliphatic hydroxyl groups excluding tert-OH is 5. The average Bonchev–Trinajstić information content (AvgIpc) is 2.87. The van der Waals surface area contributed by atoms with Crippen molar-refractivity contribution in [1.82, 2.24) is 0 Å². The molecule has 0 aromatic heterocycles. The zero-order valence-corrected chi connectivity index (χ0v) is 27.5. The number of carboxylic acid groups (broad SMARTS) is 5. The van der Waals surface area contributed by atoms with Crippen LogP contribution in [0.4, 0.5) is 0 Å². The van der Waals surface area contributed by atoms with Gasteiger partial charge >= 0.3 is 29.8 Å². The SMILES string of the molecule is CC(O)CC(=O)O.CCC(O)CC(=O)O.CCCC(O)CC(=O)O.CCCCC(O)CC(=O)O.CCCCCC(O)CC(=O)O. The molecule has 0 aromatic carbocycles. The smallest absolute Gasteiger partial charge is 0.305 e. The Kier molecular flexibility index (Phi) is 42.9. The first-order valence-corrected chi connectivity index (χ1v) is 15.3. The molecule has 0 spiro atoms. The summed E-state index contributed by atoms with van der Waals surface area (Å²) in [5, 5.41) is 84.5. The highest BCUT2D eigenvalue weighted by molar-refractivity contribution is 5.68. The van der Waals surface area contributed by atoms with Crippen LogP contribution < -0.4 is 0 Å². The van der Waals surface area contributed by atoms with Crippen LogP contribution in [0.2, 0.25) is 0 Å². The first-order chi connectivity index (χ1) is 20.8. The minimum absolute atomic E-state index is 0.121. The number of hydrogen-bond donors (Lipinski definition) is 10. The summed E-state index contributed by atoms with van der Waals surface area (Å²) in [5.74, 6) is -4.69. The molecule has 270 valence electrons. The summed E-state index contributed by atoms with van der Waals surface area (Å²) in [5.41, 5.74) is 0. The lowest BCUT2D eigenvalue weighted by Gasteiger charge is -2.05. The van der Waals surface area contributed by atoms with Gasteiger partial charge in [0.15, 0.2) is 0 Å². The van der Waals surface area contributed by atoms with Crippen molar-refractivity contribution in [2.24, 2.45) is 0 Å². The van der Waals surface area contributed by atoms with Crippen LogP contribution >= 0.6 is 0 Å². The fourth-order valence-corrected chi connectivity index (χ4v) is 2.91. The molecule has 0 rings (SSSR count). The Morgan fingerprint density at radius 2 is 0.733 bits per heavy atom. The molecule has 45 heavy (non-hydrogen) atoms. The molecule has 0 aliphatic rings. The van der Waals surface area contributed by atoms with Gasteiger partial charge in [0.2, 0.25) is 0 Å². The molecular weight excluding hydrogens is 600 g/mol. The van der Waals surface area contributed by atoms with Gasteiger partial charge in [0.25, 0.3) is 0 Å². The lowest BCUT2D eigenvalue weighted by molar-refractivity contribution is -0.140. The topological polar surface area (TPSA) is 288 Å². The summed E-state index contributed by atoms with van der Waals surface area (Å²) in [6, 6.07) is 0. The minimum Gasteiger partial charge on any atom is -0.481 e. The standard InChI is InChI=1S/C8H16O3.C7H14O3.C6H12O3.C5H10O3.C4H8O3/c1-2-3-4-5-7(9)6-8(10)11;1-2-3-4-6(8)5-7(9)10;1-2-3-5(7)4-6(8)9;1-2-4(6)3-5(7)8;1-3(5)2-4(6)7/h7,9H,2-6H2,1H3,(H,10,11);6,8H,2-5H2,1H3,(H,9,10);5,7H,2-4H2,1H3,(H,8,9);4,6H,2-3H2,1H3,(H,7,8);3,5H,2H2,1H3,(H,6,7). The molecule has 0 bridgehead atoms. The zero-order chi connectivity index (χ0) is 36.4. The second-order valence-corrected chi connectivity index (χ2v) is 10.3. The first-order valence-electron chi connectivity index (χ1n) is 15.3.